The van der Waals surface area contributed by atoms with Crippen molar-refractivity contribution in [2.75, 3.05) is 7.05 Å². The molecule has 0 amide bonds. The van der Waals surface area contributed by atoms with Crippen LogP contribution >= 0.6 is 0 Å². The van der Waals surface area contributed by atoms with Gasteiger partial charge in [0, 0.05) is 24.1 Å². The lowest BCUT2D eigenvalue weighted by atomic mass is 9.89. The highest BCUT2D eigenvalue weighted by Crippen LogP contribution is 2.27. The van der Waals surface area contributed by atoms with Crippen molar-refractivity contribution < 1.29 is 9.90 Å². The molecule has 2 aromatic rings. The number of piperidine rings is 1. The molecule has 0 aromatic heterocycles. The Kier molecular flexibility index (Phi) is 5.87. The zero-order valence-corrected chi connectivity index (χ0v) is 14.9. The molecule has 1 fully saturated rings. The Morgan fingerprint density at radius 1 is 1.04 bits per heavy atom. The molecule has 132 valence electrons. The fourth-order valence-electron chi connectivity index (χ4n) is 3.84. The molecule has 3 rings (SSSR count). The standard InChI is InChI=1S/C22H27NO2/c1-23-19(13-10-17-11-14-21(24)15-12-17)8-5-9-20(23)16-22(25)18-6-3-2-4-7-18/h2-4,6-7,11-12,14-15,19-20,24H,5,8-10,13,16H2,1H3. The number of Topliss-reactive ketones (excluding diaryl/α,β-unsaturated/α-hetero) is 1. The fourth-order valence-corrected chi connectivity index (χ4v) is 3.84. The van der Waals surface area contributed by atoms with Crippen LogP contribution in [-0.4, -0.2) is 34.9 Å². The summed E-state index contributed by atoms with van der Waals surface area (Å²) in [5.74, 6) is 0.564. The van der Waals surface area contributed by atoms with Crippen molar-refractivity contribution in [2.45, 2.75) is 50.6 Å². The summed E-state index contributed by atoms with van der Waals surface area (Å²) in [6.07, 6.45) is 6.20. The number of benzene rings is 2. The van der Waals surface area contributed by atoms with Crippen LogP contribution in [0.3, 0.4) is 0 Å². The third-order valence-electron chi connectivity index (χ3n) is 5.45. The van der Waals surface area contributed by atoms with E-state index in [1.807, 2.05) is 42.5 Å². The maximum absolute atomic E-state index is 12.5. The number of rotatable bonds is 6. The zero-order valence-electron chi connectivity index (χ0n) is 14.9. The van der Waals surface area contributed by atoms with Gasteiger partial charge in [0.25, 0.3) is 0 Å². The van der Waals surface area contributed by atoms with Crippen LogP contribution in [0.15, 0.2) is 54.6 Å². The maximum atomic E-state index is 12.5. The Labute approximate surface area is 150 Å². The molecule has 2 unspecified atom stereocenters. The lowest BCUT2D eigenvalue weighted by molar-refractivity contribution is 0.0786. The first-order chi connectivity index (χ1) is 12.1. The van der Waals surface area contributed by atoms with Crippen molar-refractivity contribution in [1.82, 2.24) is 4.90 Å². The molecule has 0 saturated carbocycles. The van der Waals surface area contributed by atoms with Crippen LogP contribution in [0.1, 0.15) is 48.0 Å². The number of ketones is 1. The number of hydrogen-bond donors (Lipinski definition) is 1. The summed E-state index contributed by atoms with van der Waals surface area (Å²) in [5, 5.41) is 9.39. The maximum Gasteiger partial charge on any atom is 0.164 e. The molecule has 0 bridgehead atoms. The van der Waals surface area contributed by atoms with E-state index in [2.05, 4.69) is 11.9 Å². The van der Waals surface area contributed by atoms with Crippen LogP contribution in [-0.2, 0) is 6.42 Å². The zero-order chi connectivity index (χ0) is 17.6. The van der Waals surface area contributed by atoms with Crippen molar-refractivity contribution in [3.8, 4) is 5.75 Å². The van der Waals surface area contributed by atoms with Gasteiger partial charge in [0.2, 0.25) is 0 Å². The van der Waals surface area contributed by atoms with Crippen molar-refractivity contribution in [2.24, 2.45) is 0 Å². The topological polar surface area (TPSA) is 40.5 Å². The van der Waals surface area contributed by atoms with Crippen LogP contribution in [0.25, 0.3) is 0 Å². The average Bonchev–Trinajstić information content (AvgIpc) is 2.64. The van der Waals surface area contributed by atoms with Gasteiger partial charge in [-0.2, -0.15) is 0 Å². The molecule has 2 atom stereocenters. The summed E-state index contributed by atoms with van der Waals surface area (Å²) in [6, 6.07) is 18.0. The number of phenolic OH excluding ortho intramolecular Hbond substituents is 1. The molecule has 2 aromatic carbocycles. The highest BCUT2D eigenvalue weighted by Gasteiger charge is 2.28. The van der Waals surface area contributed by atoms with Gasteiger partial charge in [-0.05, 0) is 50.4 Å². The first-order valence-corrected chi connectivity index (χ1v) is 9.21. The second-order valence-electron chi connectivity index (χ2n) is 7.10. The van der Waals surface area contributed by atoms with Gasteiger partial charge in [0.05, 0.1) is 0 Å². The predicted molar refractivity (Wildman–Crippen MR) is 101 cm³/mol. The third-order valence-corrected chi connectivity index (χ3v) is 5.45. The van der Waals surface area contributed by atoms with E-state index < -0.39 is 0 Å². The smallest absolute Gasteiger partial charge is 0.164 e. The summed E-state index contributed by atoms with van der Waals surface area (Å²) in [6.45, 7) is 0. The molecule has 25 heavy (non-hydrogen) atoms. The van der Waals surface area contributed by atoms with Gasteiger partial charge in [0.1, 0.15) is 5.75 Å². The monoisotopic (exact) mass is 337 g/mol. The molecule has 3 nitrogen and oxygen atoms in total. The minimum atomic E-state index is 0.247. The SMILES string of the molecule is CN1C(CCc2ccc(O)cc2)CCCC1CC(=O)c1ccccc1. The molecular weight excluding hydrogens is 310 g/mol. The summed E-state index contributed by atoms with van der Waals surface area (Å²) < 4.78 is 0. The van der Waals surface area contributed by atoms with E-state index in [9.17, 15) is 9.90 Å². The minimum Gasteiger partial charge on any atom is -0.508 e. The van der Waals surface area contributed by atoms with E-state index in [1.54, 1.807) is 12.1 Å². The number of phenols is 1. The normalized spacial score (nSPS) is 21.2. The first-order valence-electron chi connectivity index (χ1n) is 9.21. The Morgan fingerprint density at radius 2 is 1.72 bits per heavy atom. The first kappa shape index (κ1) is 17.7. The Morgan fingerprint density at radius 3 is 2.44 bits per heavy atom. The van der Waals surface area contributed by atoms with Crippen molar-refractivity contribution in [1.29, 1.82) is 0 Å². The summed E-state index contributed by atoms with van der Waals surface area (Å²) >= 11 is 0. The highest BCUT2D eigenvalue weighted by atomic mass is 16.3. The number of carbonyl (C=O) groups is 1. The number of hydrogen-bond acceptors (Lipinski definition) is 3. The molecule has 1 saturated heterocycles. The number of aromatic hydroxyl groups is 1. The van der Waals surface area contributed by atoms with Crippen LogP contribution in [0.5, 0.6) is 5.75 Å². The van der Waals surface area contributed by atoms with E-state index in [0.717, 1.165) is 24.8 Å². The summed E-state index contributed by atoms with van der Waals surface area (Å²) in [5.41, 5.74) is 2.08. The molecule has 3 heteroatoms. The van der Waals surface area contributed by atoms with Gasteiger partial charge in [-0.1, -0.05) is 48.9 Å². The Hall–Kier alpha value is -2.13. The van der Waals surface area contributed by atoms with Gasteiger partial charge in [-0.3, -0.25) is 4.79 Å². The summed E-state index contributed by atoms with van der Waals surface area (Å²) in [7, 11) is 2.17. The minimum absolute atomic E-state index is 0.247. The highest BCUT2D eigenvalue weighted by molar-refractivity contribution is 5.96. The van der Waals surface area contributed by atoms with Crippen molar-refractivity contribution in [3.05, 3.63) is 65.7 Å². The third kappa shape index (κ3) is 4.70. The van der Waals surface area contributed by atoms with Gasteiger partial charge in [-0.15, -0.1) is 0 Å². The number of aryl methyl sites for hydroxylation is 1. The molecule has 1 heterocycles. The predicted octanol–water partition coefficient (Wildman–Crippen LogP) is 4.45. The molecule has 0 radical (unpaired) electrons. The van der Waals surface area contributed by atoms with E-state index in [1.165, 1.54) is 18.4 Å². The molecule has 0 spiro atoms. The molecule has 1 aliphatic rings. The van der Waals surface area contributed by atoms with E-state index in [-0.39, 0.29) is 5.78 Å². The second kappa shape index (κ2) is 8.30. The van der Waals surface area contributed by atoms with Crippen LogP contribution < -0.4 is 0 Å². The fraction of sp³-hybridized carbons (Fsp3) is 0.409. The van der Waals surface area contributed by atoms with Gasteiger partial charge in [0.15, 0.2) is 5.78 Å². The van der Waals surface area contributed by atoms with E-state index in [0.29, 0.717) is 24.3 Å². The van der Waals surface area contributed by atoms with Crippen molar-refractivity contribution >= 4 is 5.78 Å². The van der Waals surface area contributed by atoms with Crippen LogP contribution in [0.4, 0.5) is 0 Å². The Balaban J connectivity index is 1.56. The van der Waals surface area contributed by atoms with Gasteiger partial charge >= 0.3 is 0 Å². The largest absolute Gasteiger partial charge is 0.508 e. The quantitative estimate of drug-likeness (QED) is 0.792. The van der Waals surface area contributed by atoms with E-state index >= 15 is 0 Å². The van der Waals surface area contributed by atoms with Crippen LogP contribution in [0, 0.1) is 0 Å². The lowest BCUT2D eigenvalue weighted by Crippen LogP contribution is -2.45. The van der Waals surface area contributed by atoms with Gasteiger partial charge in [-0.25, -0.2) is 0 Å². The second-order valence-corrected chi connectivity index (χ2v) is 7.10. The Bertz CT molecular complexity index is 681. The number of nitrogens with zero attached hydrogens (tertiary/aromatic N) is 1. The van der Waals surface area contributed by atoms with E-state index in [4.69, 9.17) is 0 Å². The van der Waals surface area contributed by atoms with Crippen molar-refractivity contribution in [3.63, 3.8) is 0 Å². The number of likely N-dealkylation sites (tertiary alicyclic amines) is 1. The molecule has 1 N–H and O–H groups in total. The average molecular weight is 337 g/mol. The molecule has 0 aliphatic carbocycles. The number of carbonyl (C=O) groups excluding carboxylic acids is 1. The van der Waals surface area contributed by atoms with Crippen LogP contribution in [0.2, 0.25) is 0 Å². The van der Waals surface area contributed by atoms with Gasteiger partial charge < -0.3 is 10.0 Å². The lowest BCUT2D eigenvalue weighted by Gasteiger charge is -2.39. The molecule has 1 aliphatic heterocycles. The summed E-state index contributed by atoms with van der Waals surface area (Å²) in [4.78, 5) is 14.9. The molecular formula is C22H27NO2.